The van der Waals surface area contributed by atoms with E-state index in [2.05, 4.69) is 63.8 Å². The molecular formula is C23H27N7O. The van der Waals surface area contributed by atoms with E-state index >= 15 is 0 Å². The third-order valence-corrected chi connectivity index (χ3v) is 5.58. The minimum absolute atomic E-state index is 0.0370. The summed E-state index contributed by atoms with van der Waals surface area (Å²) in [6.45, 7) is 6.72. The van der Waals surface area contributed by atoms with Crippen molar-refractivity contribution in [2.75, 3.05) is 0 Å². The Morgan fingerprint density at radius 2 is 1.77 bits per heavy atom. The van der Waals surface area contributed by atoms with Crippen LogP contribution in [0.15, 0.2) is 53.3 Å². The smallest absolute Gasteiger partial charge is 0.274 e. The van der Waals surface area contributed by atoms with E-state index in [0.717, 1.165) is 47.3 Å². The van der Waals surface area contributed by atoms with Gasteiger partial charge in [-0.1, -0.05) is 62.4 Å². The second kappa shape index (κ2) is 9.07. The first-order valence-corrected chi connectivity index (χ1v) is 10.7. The molecule has 0 aliphatic carbocycles. The number of benzene rings is 2. The number of aryl methyl sites for hydroxylation is 1. The molecule has 31 heavy (non-hydrogen) atoms. The van der Waals surface area contributed by atoms with Crippen molar-refractivity contribution in [2.45, 2.75) is 52.6 Å². The summed E-state index contributed by atoms with van der Waals surface area (Å²) in [7, 11) is 0. The molecule has 160 valence electrons. The average Bonchev–Trinajstić information content (AvgIpc) is 3.44. The standard InChI is InChI=1S/C23H27N7O/c1-4-8-21-26-30(16(3)5-2)23(31)29(21)15-17-11-13-18(14-12-17)19-9-6-7-10-20(19)22-24-27-28-25-22/h6-7,9-14,16H,4-5,8,15H2,1-3H3,(H,24,25,27,28). The Morgan fingerprint density at radius 3 is 2.42 bits per heavy atom. The monoisotopic (exact) mass is 417 g/mol. The lowest BCUT2D eigenvalue weighted by Crippen LogP contribution is -2.27. The third-order valence-electron chi connectivity index (χ3n) is 5.58. The summed E-state index contributed by atoms with van der Waals surface area (Å²) in [5.74, 6) is 1.48. The van der Waals surface area contributed by atoms with Crippen molar-refractivity contribution in [2.24, 2.45) is 0 Å². The van der Waals surface area contributed by atoms with E-state index in [9.17, 15) is 4.79 Å². The predicted octanol–water partition coefficient (Wildman–Crippen LogP) is 3.86. The van der Waals surface area contributed by atoms with Gasteiger partial charge in [0, 0.05) is 12.0 Å². The van der Waals surface area contributed by atoms with Crippen LogP contribution in [0.25, 0.3) is 22.5 Å². The van der Waals surface area contributed by atoms with Crippen LogP contribution in [0, 0.1) is 0 Å². The van der Waals surface area contributed by atoms with E-state index in [1.807, 2.05) is 31.2 Å². The number of nitrogens with zero attached hydrogens (tertiary/aromatic N) is 6. The summed E-state index contributed by atoms with van der Waals surface area (Å²) in [5, 5.41) is 18.9. The van der Waals surface area contributed by atoms with E-state index in [-0.39, 0.29) is 11.7 Å². The average molecular weight is 418 g/mol. The fourth-order valence-electron chi connectivity index (χ4n) is 3.67. The molecule has 0 bridgehead atoms. The van der Waals surface area contributed by atoms with Gasteiger partial charge in [-0.2, -0.15) is 5.10 Å². The normalized spacial score (nSPS) is 12.2. The van der Waals surface area contributed by atoms with Gasteiger partial charge in [0.2, 0.25) is 0 Å². The molecule has 1 N–H and O–H groups in total. The van der Waals surface area contributed by atoms with Crippen molar-refractivity contribution < 1.29 is 0 Å². The number of hydrogen-bond donors (Lipinski definition) is 1. The van der Waals surface area contributed by atoms with Gasteiger partial charge in [-0.3, -0.25) is 4.57 Å². The number of rotatable bonds is 8. The lowest BCUT2D eigenvalue weighted by atomic mass is 9.98. The second-order valence-electron chi connectivity index (χ2n) is 7.73. The predicted molar refractivity (Wildman–Crippen MR) is 120 cm³/mol. The van der Waals surface area contributed by atoms with Crippen molar-refractivity contribution in [1.82, 2.24) is 35.0 Å². The fraction of sp³-hybridized carbons (Fsp3) is 0.348. The van der Waals surface area contributed by atoms with Gasteiger partial charge < -0.3 is 0 Å². The van der Waals surface area contributed by atoms with Crippen LogP contribution in [0.4, 0.5) is 0 Å². The summed E-state index contributed by atoms with van der Waals surface area (Å²) in [6, 6.07) is 16.4. The first kappa shape index (κ1) is 20.7. The highest BCUT2D eigenvalue weighted by Gasteiger charge is 2.16. The van der Waals surface area contributed by atoms with Crippen molar-refractivity contribution >= 4 is 0 Å². The molecule has 0 aliphatic heterocycles. The molecule has 0 radical (unpaired) electrons. The van der Waals surface area contributed by atoms with Gasteiger partial charge in [-0.05, 0) is 46.9 Å². The molecule has 4 aromatic rings. The van der Waals surface area contributed by atoms with E-state index in [1.165, 1.54) is 0 Å². The van der Waals surface area contributed by atoms with Gasteiger partial charge in [-0.25, -0.2) is 14.6 Å². The minimum Gasteiger partial charge on any atom is -0.274 e. The summed E-state index contributed by atoms with van der Waals surface area (Å²) >= 11 is 0. The molecule has 0 aliphatic rings. The summed E-state index contributed by atoms with van der Waals surface area (Å²) < 4.78 is 3.43. The zero-order chi connectivity index (χ0) is 21.8. The van der Waals surface area contributed by atoms with Crippen LogP contribution in [0.3, 0.4) is 0 Å². The van der Waals surface area contributed by atoms with Gasteiger partial charge >= 0.3 is 5.69 Å². The number of H-pyrrole nitrogens is 1. The quantitative estimate of drug-likeness (QED) is 0.470. The van der Waals surface area contributed by atoms with Crippen molar-refractivity contribution in [1.29, 1.82) is 0 Å². The molecule has 0 fully saturated rings. The van der Waals surface area contributed by atoms with Crippen LogP contribution in [0.2, 0.25) is 0 Å². The summed E-state index contributed by atoms with van der Waals surface area (Å²) in [6.07, 6.45) is 2.61. The topological polar surface area (TPSA) is 94.3 Å². The largest absolute Gasteiger partial charge is 0.346 e. The van der Waals surface area contributed by atoms with Gasteiger partial charge in [-0.15, -0.1) is 5.10 Å². The number of tetrazole rings is 1. The van der Waals surface area contributed by atoms with Crippen LogP contribution in [0.5, 0.6) is 0 Å². The molecule has 0 saturated heterocycles. The Balaban J connectivity index is 1.64. The molecule has 8 nitrogen and oxygen atoms in total. The Kier molecular flexibility index (Phi) is 6.06. The summed E-state index contributed by atoms with van der Waals surface area (Å²) in [5.41, 5.74) is 4.07. The van der Waals surface area contributed by atoms with Crippen molar-refractivity contribution in [3.63, 3.8) is 0 Å². The first-order valence-electron chi connectivity index (χ1n) is 10.7. The molecule has 2 heterocycles. The van der Waals surface area contributed by atoms with Gasteiger partial charge in [0.15, 0.2) is 5.82 Å². The maximum absolute atomic E-state index is 13.0. The van der Waals surface area contributed by atoms with Crippen LogP contribution < -0.4 is 5.69 Å². The Bertz CT molecular complexity index is 1190. The first-order chi connectivity index (χ1) is 15.1. The van der Waals surface area contributed by atoms with E-state index in [1.54, 1.807) is 9.25 Å². The van der Waals surface area contributed by atoms with Crippen molar-refractivity contribution in [3.8, 4) is 22.5 Å². The zero-order valence-electron chi connectivity index (χ0n) is 18.1. The van der Waals surface area contributed by atoms with E-state index in [0.29, 0.717) is 12.4 Å². The molecule has 0 saturated carbocycles. The van der Waals surface area contributed by atoms with Gasteiger partial charge in [0.1, 0.15) is 5.82 Å². The molecule has 1 atom stereocenters. The maximum atomic E-state index is 13.0. The lowest BCUT2D eigenvalue weighted by molar-refractivity contribution is 0.456. The SMILES string of the molecule is CCCc1nn(C(C)CC)c(=O)n1Cc1ccc(-c2ccccc2-c2nnn[nH]2)cc1. The Morgan fingerprint density at radius 1 is 1.03 bits per heavy atom. The van der Waals surface area contributed by atoms with Crippen LogP contribution in [-0.2, 0) is 13.0 Å². The molecule has 2 aromatic heterocycles. The number of aromatic amines is 1. The Labute approximate surface area is 180 Å². The number of aromatic nitrogens is 7. The minimum atomic E-state index is -0.0370. The maximum Gasteiger partial charge on any atom is 0.346 e. The fourth-order valence-corrected chi connectivity index (χ4v) is 3.67. The molecule has 1 unspecified atom stereocenters. The van der Waals surface area contributed by atoms with Gasteiger partial charge in [0.25, 0.3) is 0 Å². The molecule has 2 aromatic carbocycles. The number of hydrogen-bond acceptors (Lipinski definition) is 5. The zero-order valence-corrected chi connectivity index (χ0v) is 18.1. The molecule has 0 spiro atoms. The molecule has 8 heteroatoms. The highest BCUT2D eigenvalue weighted by Crippen LogP contribution is 2.29. The van der Waals surface area contributed by atoms with Crippen LogP contribution in [-0.4, -0.2) is 35.0 Å². The number of nitrogens with one attached hydrogen (secondary N) is 1. The highest BCUT2D eigenvalue weighted by atomic mass is 16.2. The highest BCUT2D eigenvalue weighted by molar-refractivity contribution is 5.80. The van der Waals surface area contributed by atoms with Gasteiger partial charge in [0.05, 0.1) is 12.6 Å². The van der Waals surface area contributed by atoms with E-state index in [4.69, 9.17) is 0 Å². The molecular weight excluding hydrogens is 390 g/mol. The second-order valence-corrected chi connectivity index (χ2v) is 7.73. The Hall–Kier alpha value is -3.55. The molecule has 0 amide bonds. The van der Waals surface area contributed by atoms with Crippen LogP contribution in [0.1, 0.15) is 51.0 Å². The van der Waals surface area contributed by atoms with Crippen LogP contribution >= 0.6 is 0 Å². The summed E-state index contributed by atoms with van der Waals surface area (Å²) in [4.78, 5) is 13.0. The van der Waals surface area contributed by atoms with Crippen molar-refractivity contribution in [3.05, 3.63) is 70.4 Å². The third kappa shape index (κ3) is 4.19. The lowest BCUT2D eigenvalue weighted by Gasteiger charge is -2.09. The van der Waals surface area contributed by atoms with E-state index < -0.39 is 0 Å². The molecule has 4 rings (SSSR count).